The van der Waals surface area contributed by atoms with E-state index in [0.717, 1.165) is 11.9 Å². The second kappa shape index (κ2) is 6.29. The van der Waals surface area contributed by atoms with Gasteiger partial charge in [-0.1, -0.05) is 37.6 Å². The zero-order chi connectivity index (χ0) is 20.7. The first-order valence-corrected chi connectivity index (χ1v) is 11.7. The van der Waals surface area contributed by atoms with Crippen molar-refractivity contribution in [3.8, 4) is 0 Å². The highest BCUT2D eigenvalue weighted by molar-refractivity contribution is 5.85. The van der Waals surface area contributed by atoms with Crippen LogP contribution >= 0.6 is 0 Å². The van der Waals surface area contributed by atoms with E-state index in [9.17, 15) is 9.90 Å². The molecule has 4 nitrogen and oxygen atoms in total. The molecule has 0 bridgehead atoms. The lowest BCUT2D eigenvalue weighted by Crippen LogP contribution is -2.52. The summed E-state index contributed by atoms with van der Waals surface area (Å²) < 4.78 is 2.46. The number of aliphatic hydroxyl groups excluding tert-OH is 1. The maximum absolute atomic E-state index is 12.5. The third-order valence-electron chi connectivity index (χ3n) is 9.72. The number of hydrogen-bond donors (Lipinski definition) is 1. The normalized spacial score (nSPS) is 43.1. The van der Waals surface area contributed by atoms with Crippen molar-refractivity contribution in [2.45, 2.75) is 70.9 Å². The molecule has 3 fully saturated rings. The van der Waals surface area contributed by atoms with Crippen LogP contribution in [0.3, 0.4) is 0 Å². The molecule has 1 aromatic heterocycles. The predicted molar refractivity (Wildman–Crippen MR) is 117 cm³/mol. The van der Waals surface area contributed by atoms with Gasteiger partial charge < -0.3 is 9.67 Å². The molecule has 2 aromatic rings. The van der Waals surface area contributed by atoms with Crippen LogP contribution in [0, 0.1) is 28.6 Å². The Bertz CT molecular complexity index is 1050. The number of carbonyl (C=O) groups is 1. The lowest BCUT2D eigenvalue weighted by atomic mass is 9.47. The van der Waals surface area contributed by atoms with Crippen LogP contribution in [-0.2, 0) is 4.79 Å². The van der Waals surface area contributed by atoms with E-state index < -0.39 is 6.10 Å². The molecule has 0 saturated heterocycles. The van der Waals surface area contributed by atoms with Gasteiger partial charge in [-0.25, -0.2) is 4.98 Å². The number of hydrogen-bond acceptors (Lipinski definition) is 3. The molecule has 0 spiro atoms. The zero-order valence-corrected chi connectivity index (χ0v) is 18.1. The molecule has 3 saturated carbocycles. The van der Waals surface area contributed by atoms with Crippen molar-refractivity contribution < 1.29 is 9.90 Å². The van der Waals surface area contributed by atoms with Crippen LogP contribution in [-0.4, -0.2) is 26.5 Å². The highest BCUT2D eigenvalue weighted by Crippen LogP contribution is 2.67. The van der Waals surface area contributed by atoms with Gasteiger partial charge in [0, 0.05) is 18.9 Å². The molecule has 30 heavy (non-hydrogen) atoms. The predicted octanol–water partition coefficient (Wildman–Crippen LogP) is 5.08. The van der Waals surface area contributed by atoms with Crippen molar-refractivity contribution in [1.82, 2.24) is 9.55 Å². The smallest absolute Gasteiger partial charge is 0.162 e. The largest absolute Gasteiger partial charge is 0.385 e. The second-order valence-corrected chi connectivity index (χ2v) is 10.9. The average Bonchev–Trinajstić information content (AvgIpc) is 3.29. The van der Waals surface area contributed by atoms with E-state index in [2.05, 4.69) is 60.1 Å². The summed E-state index contributed by atoms with van der Waals surface area (Å²) in [6.45, 7) is 4.84. The van der Waals surface area contributed by atoms with Gasteiger partial charge in [0.15, 0.2) is 5.78 Å². The number of fused-ring (bicyclic) bond motifs is 6. The summed E-state index contributed by atoms with van der Waals surface area (Å²) in [5, 5.41) is 10.1. The van der Waals surface area contributed by atoms with Gasteiger partial charge in [0.25, 0.3) is 0 Å². The Kier molecular flexibility index (Phi) is 3.94. The van der Waals surface area contributed by atoms with E-state index in [0.29, 0.717) is 36.6 Å². The van der Waals surface area contributed by atoms with Gasteiger partial charge in [-0.3, -0.25) is 4.79 Å². The van der Waals surface area contributed by atoms with E-state index in [-0.39, 0.29) is 16.6 Å². The maximum Gasteiger partial charge on any atom is 0.162 e. The van der Waals surface area contributed by atoms with Crippen LogP contribution in [0.4, 0.5) is 0 Å². The first-order chi connectivity index (χ1) is 14.4. The molecule has 0 aliphatic heterocycles. The zero-order valence-electron chi connectivity index (χ0n) is 18.1. The Morgan fingerprint density at radius 1 is 1.13 bits per heavy atom. The maximum atomic E-state index is 12.5. The van der Waals surface area contributed by atoms with Crippen molar-refractivity contribution in [3.63, 3.8) is 0 Å². The topological polar surface area (TPSA) is 55.1 Å². The van der Waals surface area contributed by atoms with Gasteiger partial charge in [-0.15, -0.1) is 0 Å². The number of para-hydroxylation sites is 2. The molecule has 1 aromatic carbocycles. The van der Waals surface area contributed by atoms with Gasteiger partial charge in [0.05, 0.1) is 17.4 Å². The first kappa shape index (κ1) is 18.8. The van der Waals surface area contributed by atoms with Crippen molar-refractivity contribution in [2.24, 2.45) is 28.6 Å². The summed E-state index contributed by atoms with van der Waals surface area (Å²) in [5.74, 6) is 1.97. The molecule has 1 N–H and O–H groups in total. The molecule has 0 amide bonds. The highest BCUT2D eigenvalue weighted by atomic mass is 16.3. The molecule has 4 unspecified atom stereocenters. The SMILES string of the molecule is C[C@]12CCC3C(CC=C4C[C@@H](O)C(=O)C[C@@]43C)C1CCC2n1cnc2ccccc21. The summed E-state index contributed by atoms with van der Waals surface area (Å²) in [4.78, 5) is 17.2. The van der Waals surface area contributed by atoms with Gasteiger partial charge in [-0.05, 0) is 72.8 Å². The fraction of sp³-hybridized carbons (Fsp3) is 0.615. The summed E-state index contributed by atoms with van der Waals surface area (Å²) in [7, 11) is 0. The number of rotatable bonds is 1. The Balaban J connectivity index is 1.36. The average molecular weight is 405 g/mol. The van der Waals surface area contributed by atoms with Crippen molar-refractivity contribution in [3.05, 3.63) is 42.2 Å². The van der Waals surface area contributed by atoms with Gasteiger partial charge in [0.1, 0.15) is 6.10 Å². The molecular weight excluding hydrogens is 372 g/mol. The fourth-order valence-corrected chi connectivity index (χ4v) is 8.18. The minimum Gasteiger partial charge on any atom is -0.385 e. The second-order valence-electron chi connectivity index (χ2n) is 10.9. The molecule has 158 valence electrons. The minimum absolute atomic E-state index is 0.0413. The van der Waals surface area contributed by atoms with Crippen LogP contribution in [0.25, 0.3) is 11.0 Å². The lowest BCUT2D eigenvalue weighted by Gasteiger charge is -2.57. The van der Waals surface area contributed by atoms with Crippen molar-refractivity contribution >= 4 is 16.8 Å². The van der Waals surface area contributed by atoms with Gasteiger partial charge in [-0.2, -0.15) is 0 Å². The number of aromatic nitrogens is 2. The van der Waals surface area contributed by atoms with Gasteiger partial charge >= 0.3 is 0 Å². The van der Waals surface area contributed by atoms with Crippen LogP contribution in [0.2, 0.25) is 0 Å². The Labute approximate surface area is 178 Å². The number of aliphatic hydroxyl groups is 1. The summed E-state index contributed by atoms with van der Waals surface area (Å²) in [6, 6.07) is 9.01. The number of nitrogens with zero attached hydrogens (tertiary/aromatic N) is 2. The summed E-state index contributed by atoms with van der Waals surface area (Å²) in [6.07, 6.45) is 10.8. The monoisotopic (exact) mass is 404 g/mol. The van der Waals surface area contributed by atoms with E-state index in [1.54, 1.807) is 0 Å². The van der Waals surface area contributed by atoms with Crippen LogP contribution in [0.1, 0.15) is 64.8 Å². The summed E-state index contributed by atoms with van der Waals surface area (Å²) in [5.41, 5.74) is 3.95. The molecular formula is C26H32N2O2. The Morgan fingerprint density at radius 2 is 1.97 bits per heavy atom. The molecule has 4 heteroatoms. The van der Waals surface area contributed by atoms with Crippen molar-refractivity contribution in [2.75, 3.05) is 0 Å². The number of Topliss-reactive ketones (excluding diaryl/α,β-unsaturated/α-hetero) is 1. The summed E-state index contributed by atoms with van der Waals surface area (Å²) >= 11 is 0. The molecule has 7 atom stereocenters. The van der Waals surface area contributed by atoms with E-state index in [1.165, 1.54) is 36.8 Å². The third-order valence-corrected chi connectivity index (χ3v) is 9.72. The number of carbonyl (C=O) groups excluding carboxylic acids is 1. The Hall–Kier alpha value is -1.94. The minimum atomic E-state index is -0.778. The standard InChI is InChI=1S/C26H32N2O2/c1-25-12-11-19-17(8-7-16-13-22(29)23(30)14-26(16,19)2)18(25)9-10-24(25)28-15-27-20-5-3-4-6-21(20)28/h3-7,15,17-19,22,24,29H,8-14H2,1-2H3/t17?,18?,19?,22-,24?,25+,26+/m1/s1. The third kappa shape index (κ3) is 2.37. The Morgan fingerprint density at radius 3 is 2.83 bits per heavy atom. The molecule has 4 aliphatic rings. The van der Waals surface area contributed by atoms with Crippen LogP contribution in [0.5, 0.6) is 0 Å². The fourth-order valence-electron chi connectivity index (χ4n) is 8.18. The lowest BCUT2D eigenvalue weighted by molar-refractivity contribution is -0.135. The first-order valence-electron chi connectivity index (χ1n) is 11.7. The number of imidazole rings is 1. The number of ketones is 1. The van der Waals surface area contributed by atoms with E-state index >= 15 is 0 Å². The van der Waals surface area contributed by atoms with Gasteiger partial charge in [0.2, 0.25) is 0 Å². The van der Waals surface area contributed by atoms with E-state index in [4.69, 9.17) is 0 Å². The molecule has 1 heterocycles. The highest BCUT2D eigenvalue weighted by Gasteiger charge is 2.59. The quantitative estimate of drug-likeness (QED) is 0.674. The number of benzene rings is 1. The molecule has 0 radical (unpaired) electrons. The molecule has 6 rings (SSSR count). The van der Waals surface area contributed by atoms with Crippen LogP contribution in [0.15, 0.2) is 42.2 Å². The van der Waals surface area contributed by atoms with Crippen LogP contribution < -0.4 is 0 Å². The van der Waals surface area contributed by atoms with Crippen molar-refractivity contribution in [1.29, 1.82) is 0 Å². The van der Waals surface area contributed by atoms with E-state index in [1.807, 2.05) is 0 Å². The molecule has 4 aliphatic carbocycles. The number of allylic oxidation sites excluding steroid dienone is 1.